The van der Waals surface area contributed by atoms with Gasteiger partial charge in [-0.05, 0) is 54.2 Å². The fraction of sp³-hybridized carbons (Fsp3) is 0.312. The average molecular weight is 543 g/mol. The van der Waals surface area contributed by atoms with Crippen LogP contribution in [0.15, 0.2) is 78.4 Å². The molecule has 0 radical (unpaired) electrons. The van der Waals surface area contributed by atoms with E-state index in [2.05, 4.69) is 5.32 Å². The van der Waals surface area contributed by atoms with Crippen LogP contribution in [-0.2, 0) is 22.7 Å². The number of urea groups is 1. The molecular weight excluding hydrogens is 508 g/mol. The van der Waals surface area contributed by atoms with Gasteiger partial charge >= 0.3 is 12.0 Å². The van der Waals surface area contributed by atoms with E-state index in [-0.39, 0.29) is 18.1 Å². The van der Waals surface area contributed by atoms with Crippen molar-refractivity contribution in [3.63, 3.8) is 0 Å². The number of benzene rings is 3. The van der Waals surface area contributed by atoms with Gasteiger partial charge in [-0.2, -0.15) is 0 Å². The number of esters is 1. The number of fused-ring (bicyclic) bond motifs is 2. The molecule has 0 spiro atoms. The number of methoxy groups -OCH3 is 3. The van der Waals surface area contributed by atoms with Crippen LogP contribution in [-0.4, -0.2) is 50.3 Å². The third-order valence-corrected chi connectivity index (χ3v) is 7.58. The topological polar surface area (TPSA) is 86.3 Å². The summed E-state index contributed by atoms with van der Waals surface area (Å²) in [6, 6.07) is 22.6. The van der Waals surface area contributed by atoms with Crippen LogP contribution in [0.2, 0.25) is 0 Å². The van der Waals surface area contributed by atoms with E-state index in [1.165, 1.54) is 7.11 Å². The Morgan fingerprint density at radius 1 is 0.850 bits per heavy atom. The molecule has 1 fully saturated rings. The number of hydrogen-bond donors (Lipinski definition) is 1. The van der Waals surface area contributed by atoms with Gasteiger partial charge in [0.05, 0.1) is 32.9 Å². The maximum Gasteiger partial charge on any atom is 0.336 e. The lowest BCUT2D eigenvalue weighted by molar-refractivity contribution is -0.136. The number of carbonyl (C=O) groups excluding carboxylic acids is 2. The number of rotatable bonds is 9. The quantitative estimate of drug-likeness (QED) is 0.367. The lowest BCUT2D eigenvalue weighted by atomic mass is 9.88. The Morgan fingerprint density at radius 3 is 2.35 bits per heavy atom. The van der Waals surface area contributed by atoms with Gasteiger partial charge in [0.1, 0.15) is 12.4 Å². The van der Waals surface area contributed by atoms with Crippen molar-refractivity contribution < 1.29 is 28.5 Å². The van der Waals surface area contributed by atoms with E-state index in [4.69, 9.17) is 18.9 Å². The molecule has 3 aromatic carbocycles. The first-order valence-electron chi connectivity index (χ1n) is 13.4. The second-order valence-electron chi connectivity index (χ2n) is 9.86. The van der Waals surface area contributed by atoms with Crippen molar-refractivity contribution in [3.05, 3.63) is 95.1 Å². The van der Waals surface area contributed by atoms with Gasteiger partial charge in [-0.1, -0.05) is 54.6 Å². The van der Waals surface area contributed by atoms with Gasteiger partial charge in [0, 0.05) is 18.2 Å². The van der Waals surface area contributed by atoms with Crippen molar-refractivity contribution in [1.29, 1.82) is 0 Å². The predicted molar refractivity (Wildman–Crippen MR) is 151 cm³/mol. The third-order valence-electron chi connectivity index (χ3n) is 7.58. The van der Waals surface area contributed by atoms with Gasteiger partial charge in [-0.15, -0.1) is 0 Å². The summed E-state index contributed by atoms with van der Waals surface area (Å²) in [5.74, 6) is 1.51. The summed E-state index contributed by atoms with van der Waals surface area (Å²) in [5, 5.41) is 3.03. The van der Waals surface area contributed by atoms with Crippen molar-refractivity contribution >= 4 is 17.6 Å². The van der Waals surface area contributed by atoms with Crippen LogP contribution in [0.25, 0.3) is 5.57 Å². The van der Waals surface area contributed by atoms with Crippen LogP contribution in [0, 0.1) is 0 Å². The van der Waals surface area contributed by atoms with Crippen LogP contribution in [0.4, 0.5) is 4.79 Å². The molecule has 208 valence electrons. The van der Waals surface area contributed by atoms with Crippen LogP contribution >= 0.6 is 0 Å². The number of amides is 2. The average Bonchev–Trinajstić information content (AvgIpc) is 3.32. The van der Waals surface area contributed by atoms with E-state index >= 15 is 0 Å². The summed E-state index contributed by atoms with van der Waals surface area (Å²) in [5.41, 5.74) is 4.20. The molecule has 2 heterocycles. The summed E-state index contributed by atoms with van der Waals surface area (Å²) in [6.45, 7) is 0.728. The summed E-state index contributed by atoms with van der Waals surface area (Å²) >= 11 is 0. The maximum atomic E-state index is 13.5. The Morgan fingerprint density at radius 2 is 1.60 bits per heavy atom. The Labute approximate surface area is 234 Å². The molecule has 8 nitrogen and oxygen atoms in total. The zero-order valence-corrected chi connectivity index (χ0v) is 23.0. The highest BCUT2D eigenvalue weighted by Crippen LogP contribution is 2.45. The molecule has 2 aliphatic rings. The van der Waals surface area contributed by atoms with E-state index in [1.807, 2.05) is 77.7 Å². The second kappa shape index (κ2) is 12.2. The van der Waals surface area contributed by atoms with Gasteiger partial charge in [0.2, 0.25) is 0 Å². The number of nitrogens with zero attached hydrogens (tertiary/aromatic N) is 1. The molecule has 8 heteroatoms. The molecule has 0 aromatic heterocycles. The third kappa shape index (κ3) is 5.47. The molecule has 0 aliphatic carbocycles. The number of hydrogen-bond acceptors (Lipinski definition) is 6. The normalized spacial score (nSPS) is 17.8. The second-order valence-corrected chi connectivity index (χ2v) is 9.86. The summed E-state index contributed by atoms with van der Waals surface area (Å²) in [7, 11) is 4.54. The van der Waals surface area contributed by atoms with Gasteiger partial charge in [0.15, 0.2) is 11.5 Å². The van der Waals surface area contributed by atoms with E-state index < -0.39 is 5.97 Å². The molecule has 40 heavy (non-hydrogen) atoms. The van der Waals surface area contributed by atoms with Crippen LogP contribution in [0.5, 0.6) is 17.2 Å². The lowest BCUT2D eigenvalue weighted by Crippen LogP contribution is -2.50. The number of carbonyl (C=O) groups is 2. The Kier molecular flexibility index (Phi) is 8.24. The van der Waals surface area contributed by atoms with E-state index in [1.54, 1.807) is 14.2 Å². The molecule has 5 rings (SSSR count). The largest absolute Gasteiger partial charge is 0.493 e. The smallest absolute Gasteiger partial charge is 0.336 e. The minimum Gasteiger partial charge on any atom is -0.493 e. The first kappa shape index (κ1) is 27.1. The zero-order chi connectivity index (χ0) is 28.1. The Bertz CT molecular complexity index is 1400. The van der Waals surface area contributed by atoms with E-state index in [0.29, 0.717) is 48.8 Å². The van der Waals surface area contributed by atoms with Crippen molar-refractivity contribution in [2.45, 2.75) is 44.5 Å². The van der Waals surface area contributed by atoms with Gasteiger partial charge in [-0.3, -0.25) is 0 Å². The maximum absolute atomic E-state index is 13.5. The Balaban J connectivity index is 1.39. The highest BCUT2D eigenvalue weighted by molar-refractivity contribution is 6.01. The van der Waals surface area contributed by atoms with Gasteiger partial charge in [0.25, 0.3) is 0 Å². The molecule has 3 aromatic rings. The molecule has 2 bridgehead atoms. The van der Waals surface area contributed by atoms with E-state index in [9.17, 15) is 9.59 Å². The monoisotopic (exact) mass is 542 g/mol. The zero-order valence-electron chi connectivity index (χ0n) is 23.0. The SMILES string of the molecule is COC(=O)C1=C(c2ccccc2OCc2ccccc2)CC2CCC1N2C(=O)NCc1ccc(OC)c(OC)c1. The predicted octanol–water partition coefficient (Wildman–Crippen LogP) is 5.36. The molecule has 1 N–H and O–H groups in total. The van der Waals surface area contributed by atoms with Crippen molar-refractivity contribution in [2.75, 3.05) is 21.3 Å². The summed E-state index contributed by atoms with van der Waals surface area (Å²) in [4.78, 5) is 28.5. The highest BCUT2D eigenvalue weighted by Gasteiger charge is 2.47. The first-order valence-corrected chi connectivity index (χ1v) is 13.4. The Hall–Kier alpha value is -4.46. The number of ether oxygens (including phenoxy) is 4. The summed E-state index contributed by atoms with van der Waals surface area (Å²) < 4.78 is 22.2. The van der Waals surface area contributed by atoms with Crippen LogP contribution in [0.3, 0.4) is 0 Å². The summed E-state index contributed by atoms with van der Waals surface area (Å²) in [6.07, 6.45) is 2.03. The molecule has 2 aliphatic heterocycles. The molecule has 2 amide bonds. The molecule has 1 saturated heterocycles. The molecule has 0 saturated carbocycles. The van der Waals surface area contributed by atoms with Crippen molar-refractivity contribution in [1.82, 2.24) is 10.2 Å². The molecule has 2 atom stereocenters. The van der Waals surface area contributed by atoms with Crippen molar-refractivity contribution in [3.8, 4) is 17.2 Å². The minimum absolute atomic E-state index is 0.0408. The minimum atomic E-state index is -0.420. The standard InChI is InChI=1S/C32H34N2O6/c1-37-28-16-13-22(17-29(28)38-2)19-33-32(36)34-23-14-15-26(34)30(31(35)39-3)25(18-23)24-11-7-8-12-27(24)40-20-21-9-5-4-6-10-21/h4-13,16-17,23,26H,14-15,18-20H2,1-3H3,(H,33,36). The van der Waals surface area contributed by atoms with Gasteiger partial charge < -0.3 is 29.2 Å². The van der Waals surface area contributed by atoms with Crippen LogP contribution < -0.4 is 19.5 Å². The van der Waals surface area contributed by atoms with Crippen molar-refractivity contribution in [2.24, 2.45) is 0 Å². The number of para-hydroxylation sites is 1. The van der Waals surface area contributed by atoms with Crippen LogP contribution in [0.1, 0.15) is 36.0 Å². The van der Waals surface area contributed by atoms with E-state index in [0.717, 1.165) is 28.7 Å². The first-order chi connectivity index (χ1) is 19.5. The lowest BCUT2D eigenvalue weighted by Gasteiger charge is -2.37. The fourth-order valence-electron chi connectivity index (χ4n) is 5.68. The molecule has 2 unspecified atom stereocenters. The number of nitrogens with one attached hydrogen (secondary N) is 1. The van der Waals surface area contributed by atoms with Gasteiger partial charge in [-0.25, -0.2) is 9.59 Å². The highest BCUT2D eigenvalue weighted by atomic mass is 16.5. The fourth-order valence-corrected chi connectivity index (χ4v) is 5.68. The molecular formula is C32H34N2O6.